The van der Waals surface area contributed by atoms with Gasteiger partial charge in [-0.3, -0.25) is 0 Å². The fourth-order valence-corrected chi connectivity index (χ4v) is 1.60. The Kier molecular flexibility index (Phi) is 4.65. The molecule has 0 unspecified atom stereocenters. The normalized spacial score (nSPS) is 12.2. The van der Waals surface area contributed by atoms with Gasteiger partial charge in [0, 0.05) is 17.8 Å². The first-order valence-corrected chi connectivity index (χ1v) is 6.02. The van der Waals surface area contributed by atoms with Gasteiger partial charge in [-0.05, 0) is 38.5 Å². The van der Waals surface area contributed by atoms with Crippen molar-refractivity contribution in [1.82, 2.24) is 5.32 Å². The molecule has 4 nitrogen and oxygen atoms in total. The molecule has 0 bridgehead atoms. The molecular formula is C13H18F3N3O. The van der Waals surface area contributed by atoms with E-state index in [-0.39, 0.29) is 17.8 Å². The van der Waals surface area contributed by atoms with Crippen LogP contribution < -0.4 is 16.4 Å². The fourth-order valence-electron chi connectivity index (χ4n) is 1.60. The van der Waals surface area contributed by atoms with Crippen molar-refractivity contribution in [3.63, 3.8) is 0 Å². The number of alkyl halides is 3. The number of carbonyl (C=O) groups is 1. The summed E-state index contributed by atoms with van der Waals surface area (Å²) in [6.07, 6.45) is -4.51. The number of nitrogens with one attached hydrogen (secondary N) is 2. The van der Waals surface area contributed by atoms with E-state index in [2.05, 4.69) is 10.6 Å². The van der Waals surface area contributed by atoms with E-state index in [9.17, 15) is 18.0 Å². The highest BCUT2D eigenvalue weighted by atomic mass is 19.4. The molecule has 1 rings (SSSR count). The van der Waals surface area contributed by atoms with Crippen molar-refractivity contribution in [1.29, 1.82) is 0 Å². The summed E-state index contributed by atoms with van der Waals surface area (Å²) in [5.41, 5.74) is 4.02. The quantitative estimate of drug-likeness (QED) is 0.783. The minimum atomic E-state index is -4.51. The van der Waals surface area contributed by atoms with Crippen LogP contribution >= 0.6 is 0 Å². The molecule has 0 radical (unpaired) electrons. The van der Waals surface area contributed by atoms with Crippen LogP contribution in [0.2, 0.25) is 0 Å². The van der Waals surface area contributed by atoms with Crippen molar-refractivity contribution < 1.29 is 18.0 Å². The van der Waals surface area contributed by atoms with Gasteiger partial charge in [0.15, 0.2) is 0 Å². The van der Waals surface area contributed by atoms with Crippen molar-refractivity contribution >= 4 is 11.7 Å². The largest absolute Gasteiger partial charge is 0.416 e. The third-order valence-corrected chi connectivity index (χ3v) is 2.38. The average Bonchev–Trinajstić information content (AvgIpc) is 2.25. The molecule has 2 amide bonds. The van der Waals surface area contributed by atoms with Gasteiger partial charge < -0.3 is 16.4 Å². The summed E-state index contributed by atoms with van der Waals surface area (Å²) in [5.74, 6) is 0. The summed E-state index contributed by atoms with van der Waals surface area (Å²) in [4.78, 5) is 11.6. The molecule has 0 atom stereocenters. The van der Waals surface area contributed by atoms with E-state index < -0.39 is 23.3 Å². The van der Waals surface area contributed by atoms with Crippen LogP contribution in [0, 0.1) is 0 Å². The minimum Gasteiger partial charge on any atom is -0.333 e. The lowest BCUT2D eigenvalue weighted by atomic mass is 10.1. The molecule has 0 aliphatic heterocycles. The van der Waals surface area contributed by atoms with E-state index in [1.54, 1.807) is 20.8 Å². The van der Waals surface area contributed by atoms with Gasteiger partial charge in [0.05, 0.1) is 5.56 Å². The van der Waals surface area contributed by atoms with E-state index in [0.29, 0.717) is 0 Å². The van der Waals surface area contributed by atoms with Gasteiger partial charge >= 0.3 is 12.2 Å². The van der Waals surface area contributed by atoms with E-state index in [0.717, 1.165) is 6.07 Å². The Morgan fingerprint density at radius 2 is 1.85 bits per heavy atom. The van der Waals surface area contributed by atoms with Crippen LogP contribution in [0.5, 0.6) is 0 Å². The number of amides is 2. The molecule has 112 valence electrons. The van der Waals surface area contributed by atoms with Gasteiger partial charge in [0.1, 0.15) is 0 Å². The molecule has 0 saturated heterocycles. The number of hydrogen-bond acceptors (Lipinski definition) is 2. The number of benzene rings is 1. The summed E-state index contributed by atoms with van der Waals surface area (Å²) in [5, 5.41) is 4.97. The molecule has 0 spiro atoms. The third-order valence-electron chi connectivity index (χ3n) is 2.38. The summed E-state index contributed by atoms with van der Waals surface area (Å²) in [6, 6.07) is 2.96. The van der Waals surface area contributed by atoms with Crippen LogP contribution in [-0.4, -0.2) is 11.6 Å². The van der Waals surface area contributed by atoms with E-state index in [1.165, 1.54) is 12.1 Å². The zero-order valence-electron chi connectivity index (χ0n) is 11.6. The number of hydrogen-bond donors (Lipinski definition) is 3. The van der Waals surface area contributed by atoms with Gasteiger partial charge in [-0.1, -0.05) is 6.07 Å². The molecule has 1 aromatic carbocycles. The predicted molar refractivity (Wildman–Crippen MR) is 71.2 cm³/mol. The number of urea groups is 1. The standard InChI is InChI=1S/C13H18F3N3O/c1-12(2,3)19-11(20)18-9-5-4-8(7-17)10(6-9)13(14,15)16/h4-6H,7,17H2,1-3H3,(H2,18,19,20). The third kappa shape index (κ3) is 4.73. The highest BCUT2D eigenvalue weighted by Gasteiger charge is 2.33. The van der Waals surface area contributed by atoms with E-state index in [4.69, 9.17) is 5.73 Å². The van der Waals surface area contributed by atoms with Crippen molar-refractivity contribution in [2.24, 2.45) is 5.73 Å². The molecule has 0 fully saturated rings. The second kappa shape index (κ2) is 5.70. The zero-order chi connectivity index (χ0) is 15.6. The summed E-state index contributed by atoms with van der Waals surface area (Å²) < 4.78 is 38.5. The lowest BCUT2D eigenvalue weighted by molar-refractivity contribution is -0.138. The van der Waals surface area contributed by atoms with E-state index >= 15 is 0 Å². The molecule has 0 heterocycles. The van der Waals surface area contributed by atoms with Crippen LogP contribution in [-0.2, 0) is 12.7 Å². The van der Waals surface area contributed by atoms with Crippen LogP contribution in [0.4, 0.5) is 23.7 Å². The van der Waals surface area contributed by atoms with Crippen LogP contribution in [0.1, 0.15) is 31.9 Å². The maximum absolute atomic E-state index is 12.8. The van der Waals surface area contributed by atoms with Gasteiger partial charge in [0.2, 0.25) is 0 Å². The Morgan fingerprint density at radius 1 is 1.25 bits per heavy atom. The Morgan fingerprint density at radius 3 is 2.30 bits per heavy atom. The lowest BCUT2D eigenvalue weighted by Gasteiger charge is -2.21. The second-order valence-corrected chi connectivity index (χ2v) is 5.40. The molecule has 1 aromatic rings. The number of anilines is 1. The second-order valence-electron chi connectivity index (χ2n) is 5.40. The predicted octanol–water partition coefficient (Wildman–Crippen LogP) is 3.08. The first-order valence-electron chi connectivity index (χ1n) is 6.02. The Hall–Kier alpha value is -1.76. The molecule has 0 aliphatic rings. The maximum Gasteiger partial charge on any atom is 0.416 e. The molecule has 4 N–H and O–H groups in total. The van der Waals surface area contributed by atoms with Crippen molar-refractivity contribution in [2.75, 3.05) is 5.32 Å². The fraction of sp³-hybridized carbons (Fsp3) is 0.462. The average molecular weight is 289 g/mol. The van der Waals surface area contributed by atoms with Crippen molar-refractivity contribution in [2.45, 2.75) is 39.0 Å². The van der Waals surface area contributed by atoms with Gasteiger partial charge in [-0.15, -0.1) is 0 Å². The van der Waals surface area contributed by atoms with Crippen LogP contribution in [0.3, 0.4) is 0 Å². The smallest absolute Gasteiger partial charge is 0.333 e. The number of rotatable bonds is 2. The van der Waals surface area contributed by atoms with Crippen LogP contribution in [0.15, 0.2) is 18.2 Å². The monoisotopic (exact) mass is 289 g/mol. The highest BCUT2D eigenvalue weighted by Crippen LogP contribution is 2.33. The van der Waals surface area contributed by atoms with Crippen molar-refractivity contribution in [3.8, 4) is 0 Å². The SMILES string of the molecule is CC(C)(C)NC(=O)Nc1ccc(CN)c(C(F)(F)F)c1. The molecule has 0 saturated carbocycles. The summed E-state index contributed by atoms with van der Waals surface area (Å²) >= 11 is 0. The Balaban J connectivity index is 2.96. The van der Waals surface area contributed by atoms with Crippen molar-refractivity contribution in [3.05, 3.63) is 29.3 Å². The Labute approximate surface area is 115 Å². The van der Waals surface area contributed by atoms with Gasteiger partial charge in [-0.2, -0.15) is 13.2 Å². The minimum absolute atomic E-state index is 0.0146. The topological polar surface area (TPSA) is 67.2 Å². The highest BCUT2D eigenvalue weighted by molar-refractivity contribution is 5.89. The van der Waals surface area contributed by atoms with Crippen LogP contribution in [0.25, 0.3) is 0 Å². The first kappa shape index (κ1) is 16.3. The molecule has 0 aromatic heterocycles. The number of halogens is 3. The molecular weight excluding hydrogens is 271 g/mol. The summed E-state index contributed by atoms with van der Waals surface area (Å²) in [6.45, 7) is 5.09. The first-order chi connectivity index (χ1) is 9.03. The number of nitrogens with two attached hydrogens (primary N) is 1. The number of carbonyl (C=O) groups excluding carboxylic acids is 1. The lowest BCUT2D eigenvalue weighted by Crippen LogP contribution is -2.43. The zero-order valence-corrected chi connectivity index (χ0v) is 11.6. The molecule has 0 aliphatic carbocycles. The Bertz CT molecular complexity index is 493. The molecule has 20 heavy (non-hydrogen) atoms. The van der Waals surface area contributed by atoms with Gasteiger partial charge in [-0.25, -0.2) is 4.79 Å². The van der Waals surface area contributed by atoms with Gasteiger partial charge in [0.25, 0.3) is 0 Å². The van der Waals surface area contributed by atoms with E-state index in [1.807, 2.05) is 0 Å². The maximum atomic E-state index is 12.8. The molecule has 7 heteroatoms. The summed E-state index contributed by atoms with van der Waals surface area (Å²) in [7, 11) is 0.